The SMILES string of the molecule is c1cnc(NCC2CN(c3ccc4nncn4n3)C2)cn1. The van der Waals surface area contributed by atoms with Crippen molar-refractivity contribution in [2.24, 2.45) is 5.92 Å². The lowest BCUT2D eigenvalue weighted by molar-refractivity contribution is 0.424. The molecule has 0 spiro atoms. The molecular formula is C13H14N8. The maximum Gasteiger partial charge on any atom is 0.177 e. The van der Waals surface area contributed by atoms with E-state index in [2.05, 4.69) is 35.5 Å². The van der Waals surface area contributed by atoms with Crippen LogP contribution in [-0.4, -0.2) is 49.4 Å². The molecule has 0 atom stereocenters. The number of hydrogen-bond donors (Lipinski definition) is 1. The van der Waals surface area contributed by atoms with Gasteiger partial charge in [-0.05, 0) is 12.1 Å². The molecular weight excluding hydrogens is 268 g/mol. The zero-order valence-corrected chi connectivity index (χ0v) is 11.3. The van der Waals surface area contributed by atoms with Gasteiger partial charge in [-0.3, -0.25) is 4.98 Å². The summed E-state index contributed by atoms with van der Waals surface area (Å²) in [5.74, 6) is 2.36. The lowest BCUT2D eigenvalue weighted by Crippen LogP contribution is -2.50. The van der Waals surface area contributed by atoms with Crippen LogP contribution in [-0.2, 0) is 0 Å². The molecule has 0 aliphatic carbocycles. The zero-order valence-electron chi connectivity index (χ0n) is 11.3. The van der Waals surface area contributed by atoms with Crippen molar-refractivity contribution in [2.75, 3.05) is 29.9 Å². The van der Waals surface area contributed by atoms with Gasteiger partial charge in [-0.2, -0.15) is 4.52 Å². The molecule has 8 nitrogen and oxygen atoms in total. The highest BCUT2D eigenvalue weighted by Crippen LogP contribution is 2.22. The summed E-state index contributed by atoms with van der Waals surface area (Å²) in [6.45, 7) is 2.85. The quantitative estimate of drug-likeness (QED) is 0.744. The van der Waals surface area contributed by atoms with Crippen molar-refractivity contribution in [3.05, 3.63) is 37.1 Å². The van der Waals surface area contributed by atoms with Crippen LogP contribution in [0.2, 0.25) is 0 Å². The maximum absolute atomic E-state index is 4.48. The summed E-state index contributed by atoms with van der Waals surface area (Å²) >= 11 is 0. The number of aromatic nitrogens is 6. The fraction of sp³-hybridized carbons (Fsp3) is 0.308. The van der Waals surface area contributed by atoms with Crippen LogP contribution >= 0.6 is 0 Å². The summed E-state index contributed by atoms with van der Waals surface area (Å²) in [4.78, 5) is 10.5. The molecule has 0 saturated carbocycles. The molecule has 0 bridgehead atoms. The highest BCUT2D eigenvalue weighted by Gasteiger charge is 2.27. The van der Waals surface area contributed by atoms with Crippen molar-refractivity contribution in [1.82, 2.24) is 29.8 Å². The van der Waals surface area contributed by atoms with E-state index in [9.17, 15) is 0 Å². The predicted molar refractivity (Wildman–Crippen MR) is 77.0 cm³/mol. The second-order valence-electron chi connectivity index (χ2n) is 5.07. The first kappa shape index (κ1) is 12.0. The Bertz CT molecular complexity index is 734. The number of rotatable bonds is 4. The number of hydrogen-bond acceptors (Lipinski definition) is 7. The summed E-state index contributed by atoms with van der Waals surface area (Å²) in [5, 5.41) is 15.6. The Kier molecular flexibility index (Phi) is 2.84. The Morgan fingerprint density at radius 1 is 1.24 bits per heavy atom. The second-order valence-corrected chi connectivity index (χ2v) is 5.07. The number of nitrogens with zero attached hydrogens (tertiary/aromatic N) is 7. The average Bonchev–Trinajstić information content (AvgIpc) is 2.94. The van der Waals surface area contributed by atoms with Gasteiger partial charge < -0.3 is 10.2 Å². The number of fused-ring (bicyclic) bond motifs is 1. The van der Waals surface area contributed by atoms with Crippen molar-refractivity contribution in [3.8, 4) is 0 Å². The lowest BCUT2D eigenvalue weighted by atomic mass is 10.0. The third-order valence-electron chi connectivity index (χ3n) is 3.56. The van der Waals surface area contributed by atoms with E-state index in [0.29, 0.717) is 5.92 Å². The Labute approximate surface area is 120 Å². The zero-order chi connectivity index (χ0) is 14.1. The smallest absolute Gasteiger partial charge is 0.177 e. The fourth-order valence-corrected chi connectivity index (χ4v) is 2.41. The van der Waals surface area contributed by atoms with E-state index in [1.54, 1.807) is 29.4 Å². The Morgan fingerprint density at radius 2 is 2.19 bits per heavy atom. The molecule has 0 unspecified atom stereocenters. The molecule has 21 heavy (non-hydrogen) atoms. The lowest BCUT2D eigenvalue weighted by Gasteiger charge is -2.40. The third kappa shape index (κ3) is 2.35. The summed E-state index contributed by atoms with van der Waals surface area (Å²) < 4.78 is 1.69. The van der Waals surface area contributed by atoms with Crippen molar-refractivity contribution in [3.63, 3.8) is 0 Å². The molecule has 1 saturated heterocycles. The van der Waals surface area contributed by atoms with Crippen LogP contribution < -0.4 is 10.2 Å². The highest BCUT2D eigenvalue weighted by atomic mass is 15.4. The molecule has 4 heterocycles. The van der Waals surface area contributed by atoms with Crippen LogP contribution in [0.4, 0.5) is 11.6 Å². The highest BCUT2D eigenvalue weighted by molar-refractivity contribution is 5.47. The van der Waals surface area contributed by atoms with Gasteiger partial charge in [-0.15, -0.1) is 15.3 Å². The second kappa shape index (κ2) is 4.97. The Hall–Kier alpha value is -2.77. The van der Waals surface area contributed by atoms with E-state index in [-0.39, 0.29) is 0 Å². The van der Waals surface area contributed by atoms with Gasteiger partial charge in [0.15, 0.2) is 5.65 Å². The van der Waals surface area contributed by atoms with Gasteiger partial charge in [-0.1, -0.05) is 0 Å². The maximum atomic E-state index is 4.48. The summed E-state index contributed by atoms with van der Waals surface area (Å²) in [7, 11) is 0. The van der Waals surface area contributed by atoms with Crippen molar-refractivity contribution in [1.29, 1.82) is 0 Å². The van der Waals surface area contributed by atoms with E-state index in [1.165, 1.54) is 0 Å². The van der Waals surface area contributed by atoms with E-state index < -0.39 is 0 Å². The van der Waals surface area contributed by atoms with Crippen molar-refractivity contribution >= 4 is 17.3 Å². The number of anilines is 2. The largest absolute Gasteiger partial charge is 0.368 e. The van der Waals surface area contributed by atoms with E-state index in [1.807, 2.05) is 12.1 Å². The predicted octanol–water partition coefficient (Wildman–Crippen LogP) is 0.463. The van der Waals surface area contributed by atoms with Gasteiger partial charge in [0, 0.05) is 37.9 Å². The average molecular weight is 282 g/mol. The first-order valence-electron chi connectivity index (χ1n) is 6.80. The molecule has 0 aromatic carbocycles. The van der Waals surface area contributed by atoms with Gasteiger partial charge in [0.1, 0.15) is 18.0 Å². The van der Waals surface area contributed by atoms with Gasteiger partial charge in [0.25, 0.3) is 0 Å². The molecule has 0 amide bonds. The van der Waals surface area contributed by atoms with Gasteiger partial charge in [-0.25, -0.2) is 4.98 Å². The van der Waals surface area contributed by atoms with Gasteiger partial charge in [0.2, 0.25) is 0 Å². The molecule has 1 aliphatic heterocycles. The molecule has 1 fully saturated rings. The molecule has 3 aromatic rings. The van der Waals surface area contributed by atoms with Crippen LogP contribution in [0.25, 0.3) is 5.65 Å². The normalized spacial score (nSPS) is 15.1. The first-order valence-corrected chi connectivity index (χ1v) is 6.80. The first-order chi connectivity index (χ1) is 10.4. The van der Waals surface area contributed by atoms with Crippen LogP contribution in [0.15, 0.2) is 37.1 Å². The van der Waals surface area contributed by atoms with Crippen LogP contribution in [0, 0.1) is 5.92 Å². The topological polar surface area (TPSA) is 84.1 Å². The molecule has 3 aromatic heterocycles. The van der Waals surface area contributed by atoms with Gasteiger partial charge in [0.05, 0.1) is 6.20 Å². The number of nitrogens with one attached hydrogen (secondary N) is 1. The van der Waals surface area contributed by atoms with Crippen molar-refractivity contribution in [2.45, 2.75) is 0 Å². The molecule has 8 heteroatoms. The minimum absolute atomic E-state index is 0.588. The minimum atomic E-state index is 0.588. The van der Waals surface area contributed by atoms with Crippen LogP contribution in [0.3, 0.4) is 0 Å². The van der Waals surface area contributed by atoms with E-state index in [4.69, 9.17) is 0 Å². The fourth-order valence-electron chi connectivity index (χ4n) is 2.41. The molecule has 1 N–H and O–H groups in total. The van der Waals surface area contributed by atoms with E-state index >= 15 is 0 Å². The van der Waals surface area contributed by atoms with E-state index in [0.717, 1.165) is 36.9 Å². The minimum Gasteiger partial charge on any atom is -0.368 e. The summed E-state index contributed by atoms with van der Waals surface area (Å²) in [5.41, 5.74) is 0.764. The molecule has 4 rings (SSSR count). The summed E-state index contributed by atoms with van der Waals surface area (Å²) in [6, 6.07) is 3.91. The molecule has 1 aliphatic rings. The standard InChI is InChI=1S/C13H14N8/c1-2-13(19-21-9-17-18-12(1)21)20-7-10(8-20)5-16-11-6-14-3-4-15-11/h1-4,6,9-10H,5,7-8H2,(H,15,16). The van der Waals surface area contributed by atoms with Crippen LogP contribution in [0.1, 0.15) is 0 Å². The Morgan fingerprint density at radius 3 is 3.05 bits per heavy atom. The van der Waals surface area contributed by atoms with Gasteiger partial charge >= 0.3 is 0 Å². The monoisotopic (exact) mass is 282 g/mol. The molecule has 0 radical (unpaired) electrons. The van der Waals surface area contributed by atoms with Crippen molar-refractivity contribution < 1.29 is 0 Å². The Balaban J connectivity index is 1.34. The molecule has 106 valence electrons. The third-order valence-corrected chi connectivity index (χ3v) is 3.56. The summed E-state index contributed by atoms with van der Waals surface area (Å²) in [6.07, 6.45) is 6.71. The van der Waals surface area contributed by atoms with Crippen LogP contribution in [0.5, 0.6) is 0 Å².